The van der Waals surface area contributed by atoms with E-state index in [1.165, 1.54) is 31.0 Å². The van der Waals surface area contributed by atoms with Gasteiger partial charge in [-0.05, 0) is 49.2 Å². The van der Waals surface area contributed by atoms with Crippen molar-refractivity contribution in [3.63, 3.8) is 0 Å². The first kappa shape index (κ1) is 14.4. The van der Waals surface area contributed by atoms with Gasteiger partial charge in [-0.15, -0.1) is 0 Å². The molecule has 1 fully saturated rings. The van der Waals surface area contributed by atoms with Gasteiger partial charge in [-0.1, -0.05) is 0 Å². The first-order valence-electron chi connectivity index (χ1n) is 6.74. The summed E-state index contributed by atoms with van der Waals surface area (Å²) < 4.78 is 0.439. The third-order valence-corrected chi connectivity index (χ3v) is 5.31. The van der Waals surface area contributed by atoms with Gasteiger partial charge in [0.2, 0.25) is 0 Å². The summed E-state index contributed by atoms with van der Waals surface area (Å²) in [6, 6.07) is 2.22. The van der Waals surface area contributed by atoms with Crippen LogP contribution in [0, 0.1) is 0 Å². The van der Waals surface area contributed by atoms with Crippen LogP contribution in [0.4, 0.5) is 0 Å². The topological polar surface area (TPSA) is 15.3 Å². The molecule has 1 aliphatic heterocycles. The second-order valence-corrected chi connectivity index (χ2v) is 8.10. The molecule has 1 aromatic rings. The van der Waals surface area contributed by atoms with Crippen molar-refractivity contribution in [1.82, 2.24) is 10.2 Å². The Balaban J connectivity index is 1.55. The summed E-state index contributed by atoms with van der Waals surface area (Å²) in [6.45, 7) is 10.6. The lowest BCUT2D eigenvalue weighted by Crippen LogP contribution is -2.45. The van der Waals surface area contributed by atoms with Crippen LogP contribution in [-0.2, 0) is 6.42 Å². The SMILES string of the molecule is CC1(C)CN(CCNCCc2ccsc2)CCS1. The maximum absolute atomic E-state index is 3.55. The highest BCUT2D eigenvalue weighted by Gasteiger charge is 2.26. The Morgan fingerprint density at radius 1 is 1.39 bits per heavy atom. The fourth-order valence-electron chi connectivity index (χ4n) is 2.33. The van der Waals surface area contributed by atoms with Gasteiger partial charge >= 0.3 is 0 Å². The molecule has 0 unspecified atom stereocenters. The molecule has 2 nitrogen and oxygen atoms in total. The molecule has 0 radical (unpaired) electrons. The molecule has 0 aliphatic carbocycles. The number of nitrogens with zero attached hydrogens (tertiary/aromatic N) is 1. The zero-order chi connectivity index (χ0) is 12.8. The summed E-state index contributed by atoms with van der Waals surface area (Å²) in [7, 11) is 0. The fourth-order valence-corrected chi connectivity index (χ4v) is 4.21. The van der Waals surface area contributed by atoms with Crippen molar-refractivity contribution in [1.29, 1.82) is 0 Å². The van der Waals surface area contributed by atoms with Gasteiger partial charge in [-0.3, -0.25) is 4.90 Å². The predicted octanol–water partition coefficient (Wildman–Crippen LogP) is 2.71. The molecule has 2 rings (SSSR count). The summed E-state index contributed by atoms with van der Waals surface area (Å²) >= 11 is 3.89. The Morgan fingerprint density at radius 2 is 2.28 bits per heavy atom. The summed E-state index contributed by atoms with van der Waals surface area (Å²) in [5, 5.41) is 7.95. The first-order chi connectivity index (χ1) is 8.66. The molecule has 18 heavy (non-hydrogen) atoms. The Kier molecular flexibility index (Phi) is 5.55. The van der Waals surface area contributed by atoms with Crippen LogP contribution in [0.25, 0.3) is 0 Å². The molecule has 0 aromatic carbocycles. The molecule has 2 heterocycles. The minimum absolute atomic E-state index is 0.439. The van der Waals surface area contributed by atoms with Crippen molar-refractivity contribution in [3.8, 4) is 0 Å². The molecule has 1 saturated heterocycles. The fraction of sp³-hybridized carbons (Fsp3) is 0.714. The van der Waals surface area contributed by atoms with E-state index in [0.29, 0.717) is 4.75 Å². The summed E-state index contributed by atoms with van der Waals surface area (Å²) in [6.07, 6.45) is 1.16. The van der Waals surface area contributed by atoms with Gasteiger partial charge < -0.3 is 5.32 Å². The lowest BCUT2D eigenvalue weighted by atomic mass is 10.2. The van der Waals surface area contributed by atoms with Gasteiger partial charge in [0.25, 0.3) is 0 Å². The highest BCUT2D eigenvalue weighted by molar-refractivity contribution is 8.00. The molecular weight excluding hydrogens is 260 g/mol. The highest BCUT2D eigenvalue weighted by Crippen LogP contribution is 2.28. The number of rotatable bonds is 6. The molecule has 0 spiro atoms. The Labute approximate surface area is 119 Å². The smallest absolute Gasteiger partial charge is 0.0231 e. The van der Waals surface area contributed by atoms with Crippen molar-refractivity contribution < 1.29 is 0 Å². The second-order valence-electron chi connectivity index (χ2n) is 5.52. The van der Waals surface area contributed by atoms with E-state index in [9.17, 15) is 0 Å². The molecule has 0 bridgehead atoms. The quantitative estimate of drug-likeness (QED) is 0.809. The Bertz CT molecular complexity index is 336. The van der Waals surface area contributed by atoms with E-state index in [4.69, 9.17) is 0 Å². The van der Waals surface area contributed by atoms with Crippen molar-refractivity contribution >= 4 is 23.1 Å². The van der Waals surface area contributed by atoms with Gasteiger partial charge in [0, 0.05) is 36.7 Å². The van der Waals surface area contributed by atoms with Crippen LogP contribution < -0.4 is 5.32 Å². The van der Waals surface area contributed by atoms with Gasteiger partial charge in [-0.2, -0.15) is 23.1 Å². The Morgan fingerprint density at radius 3 is 3.00 bits per heavy atom. The molecule has 102 valence electrons. The van der Waals surface area contributed by atoms with Crippen LogP contribution in [0.3, 0.4) is 0 Å². The summed E-state index contributed by atoms with van der Waals surface area (Å²) in [4.78, 5) is 2.59. The van der Waals surface area contributed by atoms with Crippen LogP contribution in [0.1, 0.15) is 19.4 Å². The molecular formula is C14H24N2S2. The van der Waals surface area contributed by atoms with E-state index >= 15 is 0 Å². The number of thiophene rings is 1. The first-order valence-corrected chi connectivity index (χ1v) is 8.67. The highest BCUT2D eigenvalue weighted by atomic mass is 32.2. The van der Waals surface area contributed by atoms with Crippen molar-refractivity contribution in [2.45, 2.75) is 25.0 Å². The molecule has 0 amide bonds. The molecule has 1 aliphatic rings. The maximum atomic E-state index is 3.55. The molecule has 0 saturated carbocycles. The lowest BCUT2D eigenvalue weighted by molar-refractivity contribution is 0.260. The molecule has 1 N–H and O–H groups in total. The van der Waals surface area contributed by atoms with Crippen molar-refractivity contribution in [3.05, 3.63) is 22.4 Å². The average Bonchev–Trinajstić information content (AvgIpc) is 2.80. The van der Waals surface area contributed by atoms with E-state index in [0.717, 1.165) is 19.5 Å². The van der Waals surface area contributed by atoms with Crippen LogP contribution in [0.5, 0.6) is 0 Å². The van der Waals surface area contributed by atoms with Gasteiger partial charge in [-0.25, -0.2) is 0 Å². The molecule has 0 atom stereocenters. The lowest BCUT2D eigenvalue weighted by Gasteiger charge is -2.37. The number of thioether (sulfide) groups is 1. The van der Waals surface area contributed by atoms with E-state index in [1.807, 2.05) is 0 Å². The van der Waals surface area contributed by atoms with Gasteiger partial charge in [0.1, 0.15) is 0 Å². The maximum Gasteiger partial charge on any atom is 0.0231 e. The second kappa shape index (κ2) is 6.94. The van der Waals surface area contributed by atoms with Crippen LogP contribution in [0.15, 0.2) is 16.8 Å². The average molecular weight is 284 g/mol. The molecule has 1 aromatic heterocycles. The standard InChI is InChI=1S/C14H24N2S2/c1-14(2)12-16(8-10-18-14)7-6-15-5-3-13-4-9-17-11-13/h4,9,11,15H,3,5-8,10,12H2,1-2H3. The predicted molar refractivity (Wildman–Crippen MR) is 83.9 cm³/mol. The summed E-state index contributed by atoms with van der Waals surface area (Å²) in [5.74, 6) is 1.28. The zero-order valence-corrected chi connectivity index (χ0v) is 13.1. The van der Waals surface area contributed by atoms with Crippen molar-refractivity contribution in [2.75, 3.05) is 38.5 Å². The van der Waals surface area contributed by atoms with E-state index in [2.05, 4.69) is 52.7 Å². The minimum atomic E-state index is 0.439. The van der Waals surface area contributed by atoms with E-state index in [-0.39, 0.29) is 0 Å². The Hall–Kier alpha value is -0.0300. The van der Waals surface area contributed by atoms with Crippen LogP contribution in [0.2, 0.25) is 0 Å². The zero-order valence-electron chi connectivity index (χ0n) is 11.4. The number of nitrogens with one attached hydrogen (secondary N) is 1. The van der Waals surface area contributed by atoms with Crippen LogP contribution in [-0.4, -0.2) is 48.1 Å². The molecule has 4 heteroatoms. The van der Waals surface area contributed by atoms with Gasteiger partial charge in [0.15, 0.2) is 0 Å². The van der Waals surface area contributed by atoms with Crippen molar-refractivity contribution in [2.24, 2.45) is 0 Å². The summed E-state index contributed by atoms with van der Waals surface area (Å²) in [5.41, 5.74) is 1.46. The van der Waals surface area contributed by atoms with E-state index < -0.39 is 0 Å². The van der Waals surface area contributed by atoms with Gasteiger partial charge in [0.05, 0.1) is 0 Å². The minimum Gasteiger partial charge on any atom is -0.315 e. The largest absolute Gasteiger partial charge is 0.315 e. The van der Waals surface area contributed by atoms with Crippen LogP contribution >= 0.6 is 23.1 Å². The van der Waals surface area contributed by atoms with E-state index in [1.54, 1.807) is 11.3 Å². The number of hydrogen-bond donors (Lipinski definition) is 1. The number of hydrogen-bond acceptors (Lipinski definition) is 4. The third-order valence-electron chi connectivity index (χ3n) is 3.28. The monoisotopic (exact) mass is 284 g/mol. The normalized spacial score (nSPS) is 20.1. The third kappa shape index (κ3) is 4.92.